The van der Waals surface area contributed by atoms with Gasteiger partial charge in [0.05, 0.1) is 0 Å². The van der Waals surface area contributed by atoms with Gasteiger partial charge in [-0.15, -0.1) is 0 Å². The maximum atomic E-state index is 11.5. The first-order valence-electron chi connectivity index (χ1n) is 6.04. The van der Waals surface area contributed by atoms with Gasteiger partial charge >= 0.3 is 131 Å². The second-order valence-corrected chi connectivity index (χ2v) is 4.91. The Balaban J connectivity index is 0.00000220. The van der Waals surface area contributed by atoms with Gasteiger partial charge in [-0.3, -0.25) is 0 Å². The smallest absolute Gasteiger partial charge is 0.870 e. The standard InChI is InChI=1S/C15H13ClO3.Al.2H2O/c1-10(15(17)18)11-7-8-13(16)14(9-11)19-12-5-3-2-4-6-12;;;/h2-10H,1H3,(H,17,18);;2*1H2/q;+3;;/p-3. The van der Waals surface area contributed by atoms with E-state index in [1.54, 1.807) is 25.1 Å². The second-order valence-electron chi connectivity index (χ2n) is 4.26. The summed E-state index contributed by atoms with van der Waals surface area (Å²) in [5, 5.41) is 0.490. The molecular formula is C15H14AlClO5. The van der Waals surface area contributed by atoms with Crippen molar-refractivity contribution < 1.29 is 24.3 Å². The Morgan fingerprint density at radius 3 is 2.36 bits per heavy atom. The van der Waals surface area contributed by atoms with Crippen LogP contribution in [0.2, 0.25) is 5.02 Å². The topological polar surface area (TPSA) is 95.5 Å². The maximum Gasteiger partial charge on any atom is -0.870 e. The van der Waals surface area contributed by atoms with E-state index < -0.39 is 0 Å². The summed E-state index contributed by atoms with van der Waals surface area (Å²) in [4.78, 5) is 11.5. The Morgan fingerprint density at radius 2 is 1.77 bits per heavy atom. The molecule has 0 spiro atoms. The molecule has 0 fully saturated rings. The molecule has 0 aliphatic heterocycles. The largest absolute Gasteiger partial charge is 0.870 e. The summed E-state index contributed by atoms with van der Waals surface area (Å²) in [7, 11) is 0. The van der Waals surface area contributed by atoms with Crippen molar-refractivity contribution in [2.75, 3.05) is 0 Å². The van der Waals surface area contributed by atoms with Gasteiger partial charge in [0.15, 0.2) is 0 Å². The molecule has 2 N–H and O–H groups in total. The number of para-hydroxylation sites is 1. The van der Waals surface area contributed by atoms with Crippen LogP contribution in [0.4, 0.5) is 0 Å². The van der Waals surface area contributed by atoms with Crippen LogP contribution in [0.15, 0.2) is 48.5 Å². The fourth-order valence-corrected chi connectivity index (χ4v) is 2.08. The van der Waals surface area contributed by atoms with E-state index in [0.29, 0.717) is 16.5 Å². The average Bonchev–Trinajstić information content (AvgIpc) is 2.49. The van der Waals surface area contributed by atoms with Crippen molar-refractivity contribution >= 4 is 34.2 Å². The molecule has 2 rings (SSSR count). The molecule has 114 valence electrons. The zero-order valence-corrected chi connectivity index (χ0v) is 13.7. The number of carbonyl (C=O) groups is 1. The van der Waals surface area contributed by atoms with Gasteiger partial charge in [-0.05, 0) is 0 Å². The monoisotopic (exact) mass is 336 g/mol. The normalized spacial score (nSPS) is 10.7. The Hall–Kier alpha value is -1.55. The number of rotatable bonds is 4. The molecule has 0 saturated heterocycles. The van der Waals surface area contributed by atoms with Gasteiger partial charge in [0.25, 0.3) is 0 Å². The fraction of sp³-hybridized carbons (Fsp3) is 0.133. The Labute approximate surface area is 142 Å². The Bertz CT molecular complexity index is 606. The van der Waals surface area contributed by atoms with E-state index >= 15 is 0 Å². The molecule has 0 saturated carbocycles. The minimum atomic E-state index is -0.386. The summed E-state index contributed by atoms with van der Waals surface area (Å²) in [5.74, 6) is 0.484. The molecule has 0 heterocycles. The molecule has 0 bridgehead atoms. The van der Waals surface area contributed by atoms with Gasteiger partial charge < -0.3 is 11.0 Å². The minimum Gasteiger partial charge on any atom is -0.870 e. The number of benzene rings is 2. The molecule has 0 amide bonds. The van der Waals surface area contributed by atoms with E-state index in [1.807, 2.05) is 47.0 Å². The molecule has 0 aliphatic carbocycles. The molecule has 0 aromatic heterocycles. The average molecular weight is 337 g/mol. The van der Waals surface area contributed by atoms with E-state index in [2.05, 4.69) is 3.79 Å². The molecular weight excluding hydrogens is 323 g/mol. The summed E-state index contributed by atoms with van der Waals surface area (Å²) in [6, 6.07) is 14.6. The van der Waals surface area contributed by atoms with Crippen LogP contribution in [0, 0.1) is 0 Å². The van der Waals surface area contributed by atoms with Crippen LogP contribution in [0.3, 0.4) is 0 Å². The minimum absolute atomic E-state index is 0. The van der Waals surface area contributed by atoms with Crippen molar-refractivity contribution in [1.82, 2.24) is 0 Å². The zero-order chi connectivity index (χ0) is 14.5. The van der Waals surface area contributed by atoms with Crippen molar-refractivity contribution in [2.24, 2.45) is 0 Å². The fourth-order valence-electron chi connectivity index (χ4n) is 1.72. The third-order valence-electron chi connectivity index (χ3n) is 2.90. The van der Waals surface area contributed by atoms with Crippen LogP contribution in [0.25, 0.3) is 0 Å². The number of ether oxygens (including phenoxy) is 1. The predicted octanol–water partition coefficient (Wildman–Crippen LogP) is 3.51. The first-order valence-corrected chi connectivity index (χ1v) is 6.89. The molecule has 2 aromatic carbocycles. The first-order chi connectivity index (χ1) is 9.61. The molecule has 1 atom stereocenters. The van der Waals surface area contributed by atoms with Gasteiger partial charge in [0.1, 0.15) is 0 Å². The third kappa shape index (κ3) is 5.02. The SMILES string of the molecule is CC(C(=O)[O][Al+2])c1ccc(Cl)c(Oc2ccccc2)c1.[OH-].[OH-]. The predicted molar refractivity (Wildman–Crippen MR) is 82.1 cm³/mol. The van der Waals surface area contributed by atoms with Crippen molar-refractivity contribution in [3.63, 3.8) is 0 Å². The van der Waals surface area contributed by atoms with Crippen LogP contribution in [0.5, 0.6) is 11.5 Å². The van der Waals surface area contributed by atoms with Crippen molar-refractivity contribution in [2.45, 2.75) is 12.8 Å². The van der Waals surface area contributed by atoms with Crippen LogP contribution in [-0.4, -0.2) is 33.5 Å². The van der Waals surface area contributed by atoms with Gasteiger partial charge in [-0.25, -0.2) is 0 Å². The van der Waals surface area contributed by atoms with Crippen LogP contribution in [-0.2, 0) is 8.58 Å². The van der Waals surface area contributed by atoms with Gasteiger partial charge in [-0.2, -0.15) is 0 Å². The van der Waals surface area contributed by atoms with E-state index in [0.717, 1.165) is 5.56 Å². The molecule has 7 heteroatoms. The van der Waals surface area contributed by atoms with Crippen molar-refractivity contribution in [1.29, 1.82) is 0 Å². The van der Waals surface area contributed by atoms with Crippen LogP contribution < -0.4 is 4.74 Å². The van der Waals surface area contributed by atoms with Crippen LogP contribution >= 0.6 is 11.6 Å². The number of hydrogen-bond donors (Lipinski definition) is 0. The van der Waals surface area contributed by atoms with Gasteiger partial charge in [0, 0.05) is 0 Å². The summed E-state index contributed by atoms with van der Waals surface area (Å²) in [6.45, 7) is 1.77. The Morgan fingerprint density at radius 1 is 1.14 bits per heavy atom. The van der Waals surface area contributed by atoms with Crippen LogP contribution in [0.1, 0.15) is 18.4 Å². The third-order valence-corrected chi connectivity index (χ3v) is 3.44. The van der Waals surface area contributed by atoms with E-state index in [-0.39, 0.29) is 22.8 Å². The van der Waals surface area contributed by atoms with E-state index in [9.17, 15) is 4.79 Å². The molecule has 22 heavy (non-hydrogen) atoms. The molecule has 2 aromatic rings. The van der Waals surface area contributed by atoms with Crippen molar-refractivity contribution in [3.05, 3.63) is 59.1 Å². The quantitative estimate of drug-likeness (QED) is 0.796. The Kier molecular flexibility index (Phi) is 8.80. The number of carbonyl (C=O) groups excluding carboxylic acids is 1. The van der Waals surface area contributed by atoms with Gasteiger partial charge in [-0.1, -0.05) is 0 Å². The molecule has 0 radical (unpaired) electrons. The zero-order valence-electron chi connectivity index (χ0n) is 11.8. The summed E-state index contributed by atoms with van der Waals surface area (Å²) < 4.78 is 10.4. The van der Waals surface area contributed by atoms with Gasteiger partial charge in [0.2, 0.25) is 0 Å². The first kappa shape index (κ1) is 20.5. The molecule has 5 nitrogen and oxygen atoms in total. The number of halogens is 1. The molecule has 1 unspecified atom stereocenters. The maximum absolute atomic E-state index is 11.5. The van der Waals surface area contributed by atoms with Crippen molar-refractivity contribution in [3.8, 4) is 11.5 Å². The van der Waals surface area contributed by atoms with E-state index in [4.69, 9.17) is 16.3 Å². The van der Waals surface area contributed by atoms with E-state index in [1.165, 1.54) is 0 Å². The summed E-state index contributed by atoms with van der Waals surface area (Å²) >= 11 is 8.08. The second kappa shape index (κ2) is 9.47. The summed E-state index contributed by atoms with van der Waals surface area (Å²) in [5.41, 5.74) is 0.785. The summed E-state index contributed by atoms with van der Waals surface area (Å²) in [6.07, 6.45) is 0. The molecule has 0 aliphatic rings. The number of hydrogen-bond acceptors (Lipinski definition) is 5.